The Hall–Kier alpha value is -0.0400. The Bertz CT molecular complexity index is 186. The van der Waals surface area contributed by atoms with Crippen molar-refractivity contribution in [2.45, 2.75) is 41.0 Å². The SMILES string of the molecule is CNC[C@H]1[C@H](C)C[C@H](C)C(C)(C)[C@@H]1C. The van der Waals surface area contributed by atoms with Gasteiger partial charge in [0, 0.05) is 0 Å². The minimum Gasteiger partial charge on any atom is -0.319 e. The Balaban J connectivity index is 2.77. The first-order valence-electron chi connectivity index (χ1n) is 6.05. The molecule has 1 rings (SSSR count). The fourth-order valence-corrected chi connectivity index (χ4v) is 3.14. The lowest BCUT2D eigenvalue weighted by Gasteiger charge is -2.50. The van der Waals surface area contributed by atoms with Gasteiger partial charge in [0.1, 0.15) is 0 Å². The van der Waals surface area contributed by atoms with E-state index < -0.39 is 0 Å². The Morgan fingerprint density at radius 2 is 1.79 bits per heavy atom. The van der Waals surface area contributed by atoms with E-state index in [1.165, 1.54) is 13.0 Å². The zero-order valence-electron chi connectivity index (χ0n) is 10.7. The summed E-state index contributed by atoms with van der Waals surface area (Å²) >= 11 is 0. The molecule has 1 aliphatic carbocycles. The van der Waals surface area contributed by atoms with Gasteiger partial charge in [-0.1, -0.05) is 34.6 Å². The number of hydrogen-bond donors (Lipinski definition) is 1. The summed E-state index contributed by atoms with van der Waals surface area (Å²) in [4.78, 5) is 0. The largest absolute Gasteiger partial charge is 0.319 e. The lowest BCUT2D eigenvalue weighted by atomic mass is 9.56. The lowest BCUT2D eigenvalue weighted by molar-refractivity contribution is -0.00203. The predicted molar refractivity (Wildman–Crippen MR) is 63.3 cm³/mol. The minimum absolute atomic E-state index is 0.508. The highest BCUT2D eigenvalue weighted by atomic mass is 14.8. The summed E-state index contributed by atoms with van der Waals surface area (Å²) < 4.78 is 0. The van der Waals surface area contributed by atoms with Crippen molar-refractivity contribution in [2.75, 3.05) is 13.6 Å². The molecule has 0 aromatic heterocycles. The van der Waals surface area contributed by atoms with Crippen LogP contribution >= 0.6 is 0 Å². The van der Waals surface area contributed by atoms with Crippen molar-refractivity contribution in [1.29, 1.82) is 0 Å². The molecule has 1 fully saturated rings. The van der Waals surface area contributed by atoms with Gasteiger partial charge in [0.25, 0.3) is 0 Å². The van der Waals surface area contributed by atoms with Crippen LogP contribution in [0.2, 0.25) is 0 Å². The van der Waals surface area contributed by atoms with E-state index in [0.717, 1.165) is 23.7 Å². The van der Waals surface area contributed by atoms with Crippen molar-refractivity contribution < 1.29 is 0 Å². The van der Waals surface area contributed by atoms with Gasteiger partial charge < -0.3 is 5.32 Å². The first-order chi connectivity index (χ1) is 6.41. The van der Waals surface area contributed by atoms with Crippen molar-refractivity contribution in [2.24, 2.45) is 29.1 Å². The van der Waals surface area contributed by atoms with Crippen molar-refractivity contribution in [1.82, 2.24) is 5.32 Å². The highest BCUT2D eigenvalue weighted by molar-refractivity contribution is 4.93. The second kappa shape index (κ2) is 4.22. The smallest absolute Gasteiger partial charge is 0.00182 e. The van der Waals surface area contributed by atoms with Crippen LogP contribution in [0.15, 0.2) is 0 Å². The zero-order chi connectivity index (χ0) is 10.9. The molecule has 0 bridgehead atoms. The second-order valence-corrected chi connectivity index (χ2v) is 5.95. The second-order valence-electron chi connectivity index (χ2n) is 5.95. The molecular weight excluding hydrogens is 170 g/mol. The number of hydrogen-bond acceptors (Lipinski definition) is 1. The van der Waals surface area contributed by atoms with Crippen LogP contribution in [0.1, 0.15) is 41.0 Å². The van der Waals surface area contributed by atoms with Crippen LogP contribution in [0, 0.1) is 29.1 Å². The van der Waals surface area contributed by atoms with Gasteiger partial charge in [0.05, 0.1) is 0 Å². The normalized spacial score (nSPS) is 42.4. The lowest BCUT2D eigenvalue weighted by Crippen LogP contribution is -2.45. The highest BCUT2D eigenvalue weighted by Crippen LogP contribution is 2.49. The molecule has 1 heteroatoms. The van der Waals surface area contributed by atoms with Crippen LogP contribution in [-0.2, 0) is 0 Å². The van der Waals surface area contributed by atoms with Gasteiger partial charge in [-0.2, -0.15) is 0 Å². The third-order valence-electron chi connectivity index (χ3n) is 4.98. The molecule has 0 aliphatic heterocycles. The molecule has 0 aromatic rings. The van der Waals surface area contributed by atoms with E-state index >= 15 is 0 Å². The summed E-state index contributed by atoms with van der Waals surface area (Å²) in [5, 5.41) is 3.35. The van der Waals surface area contributed by atoms with Gasteiger partial charge in [-0.3, -0.25) is 0 Å². The van der Waals surface area contributed by atoms with Crippen molar-refractivity contribution in [3.8, 4) is 0 Å². The Labute approximate surface area is 89.7 Å². The summed E-state index contributed by atoms with van der Waals surface area (Å²) in [5.41, 5.74) is 0.508. The molecular formula is C13H27N. The molecule has 0 unspecified atom stereocenters. The number of nitrogens with one attached hydrogen (secondary N) is 1. The maximum Gasteiger partial charge on any atom is -0.00182 e. The van der Waals surface area contributed by atoms with Crippen molar-refractivity contribution >= 4 is 0 Å². The van der Waals surface area contributed by atoms with Gasteiger partial charge in [0.2, 0.25) is 0 Å². The molecule has 0 saturated heterocycles. The van der Waals surface area contributed by atoms with Crippen molar-refractivity contribution in [3.05, 3.63) is 0 Å². The average Bonchev–Trinajstić information content (AvgIpc) is 2.10. The van der Waals surface area contributed by atoms with Crippen LogP contribution in [0.25, 0.3) is 0 Å². The predicted octanol–water partition coefficient (Wildman–Crippen LogP) is 3.16. The molecule has 1 aliphatic rings. The van der Waals surface area contributed by atoms with Gasteiger partial charge in [-0.15, -0.1) is 0 Å². The summed E-state index contributed by atoms with van der Waals surface area (Å²) in [6.45, 7) is 13.3. The fourth-order valence-electron chi connectivity index (χ4n) is 3.14. The quantitative estimate of drug-likeness (QED) is 0.717. The minimum atomic E-state index is 0.508. The van der Waals surface area contributed by atoms with Crippen LogP contribution in [-0.4, -0.2) is 13.6 Å². The van der Waals surface area contributed by atoms with Crippen LogP contribution < -0.4 is 5.32 Å². The Morgan fingerprint density at radius 1 is 1.21 bits per heavy atom. The summed E-state index contributed by atoms with van der Waals surface area (Å²) in [5.74, 6) is 3.42. The standard InChI is InChI=1S/C13H27N/c1-9-7-10(2)13(4,5)11(3)12(9)8-14-6/h9-12,14H,7-8H2,1-6H3/t9-,10+,11-,12+/m1/s1. The van der Waals surface area contributed by atoms with Gasteiger partial charge >= 0.3 is 0 Å². The van der Waals surface area contributed by atoms with E-state index in [9.17, 15) is 0 Å². The summed E-state index contributed by atoms with van der Waals surface area (Å²) in [6.07, 6.45) is 1.39. The van der Waals surface area contributed by atoms with Gasteiger partial charge in [0.15, 0.2) is 0 Å². The monoisotopic (exact) mass is 197 g/mol. The maximum atomic E-state index is 3.35. The van der Waals surface area contributed by atoms with E-state index in [1.54, 1.807) is 0 Å². The van der Waals surface area contributed by atoms with Crippen LogP contribution in [0.3, 0.4) is 0 Å². The van der Waals surface area contributed by atoms with E-state index in [0.29, 0.717) is 5.41 Å². The summed E-state index contributed by atoms with van der Waals surface area (Å²) in [7, 11) is 2.07. The van der Waals surface area contributed by atoms with E-state index in [1.807, 2.05) is 0 Å². The molecule has 14 heavy (non-hydrogen) atoms. The Kier molecular flexibility index (Phi) is 3.63. The molecule has 1 saturated carbocycles. The van der Waals surface area contributed by atoms with E-state index in [2.05, 4.69) is 47.0 Å². The fraction of sp³-hybridized carbons (Fsp3) is 1.00. The van der Waals surface area contributed by atoms with Gasteiger partial charge in [-0.25, -0.2) is 0 Å². The third kappa shape index (κ3) is 1.98. The molecule has 0 aromatic carbocycles. The molecule has 0 heterocycles. The first-order valence-corrected chi connectivity index (χ1v) is 6.05. The maximum absolute atomic E-state index is 3.35. The molecule has 0 spiro atoms. The molecule has 84 valence electrons. The molecule has 1 N–H and O–H groups in total. The average molecular weight is 197 g/mol. The van der Waals surface area contributed by atoms with E-state index in [-0.39, 0.29) is 0 Å². The third-order valence-corrected chi connectivity index (χ3v) is 4.98. The zero-order valence-corrected chi connectivity index (χ0v) is 10.7. The summed E-state index contributed by atoms with van der Waals surface area (Å²) in [6, 6.07) is 0. The topological polar surface area (TPSA) is 12.0 Å². The molecule has 1 nitrogen and oxygen atoms in total. The van der Waals surface area contributed by atoms with E-state index in [4.69, 9.17) is 0 Å². The molecule has 4 atom stereocenters. The Morgan fingerprint density at radius 3 is 2.29 bits per heavy atom. The molecule has 0 radical (unpaired) electrons. The molecule has 0 amide bonds. The van der Waals surface area contributed by atoms with Crippen molar-refractivity contribution in [3.63, 3.8) is 0 Å². The van der Waals surface area contributed by atoms with Gasteiger partial charge in [-0.05, 0) is 49.1 Å². The number of rotatable bonds is 2. The van der Waals surface area contributed by atoms with Crippen LogP contribution in [0.5, 0.6) is 0 Å². The first kappa shape index (κ1) is 12.0. The highest BCUT2D eigenvalue weighted by Gasteiger charge is 2.43. The van der Waals surface area contributed by atoms with Crippen LogP contribution in [0.4, 0.5) is 0 Å².